The first kappa shape index (κ1) is 14.7. The van der Waals surface area contributed by atoms with Crippen molar-refractivity contribution < 1.29 is 5.11 Å². The molecule has 100 valence electrons. The predicted octanol–water partition coefficient (Wildman–Crippen LogP) is 3.71. The van der Waals surface area contributed by atoms with E-state index in [2.05, 4.69) is 18.9 Å². The summed E-state index contributed by atoms with van der Waals surface area (Å²) in [5.41, 5.74) is 2.40. The summed E-state index contributed by atoms with van der Waals surface area (Å²) in [6, 6.07) is 3.98. The molecule has 2 heterocycles. The Hall–Kier alpha value is -1.35. The van der Waals surface area contributed by atoms with Crippen molar-refractivity contribution in [3.05, 3.63) is 35.7 Å². The van der Waals surface area contributed by atoms with E-state index in [1.807, 2.05) is 42.9 Å². The molecule has 0 spiro atoms. The Kier molecular flexibility index (Phi) is 4.52. The monoisotopic (exact) mass is 248 g/mol. The van der Waals surface area contributed by atoms with Crippen molar-refractivity contribution in [2.45, 2.75) is 53.1 Å². The number of hydrogen-bond acceptors (Lipinski definition) is 2. The van der Waals surface area contributed by atoms with Crippen molar-refractivity contribution in [3.63, 3.8) is 0 Å². The van der Waals surface area contributed by atoms with Crippen LogP contribution in [0.15, 0.2) is 24.5 Å². The largest absolute Gasteiger partial charge is 0.386 e. The molecule has 0 atom stereocenters. The van der Waals surface area contributed by atoms with Gasteiger partial charge in [0.15, 0.2) is 0 Å². The average molecular weight is 248 g/mol. The van der Waals surface area contributed by atoms with Crippen LogP contribution in [0.3, 0.4) is 0 Å². The molecule has 0 fully saturated rings. The van der Waals surface area contributed by atoms with Crippen molar-refractivity contribution in [3.8, 4) is 0 Å². The smallest absolute Gasteiger partial charge is 0.0855 e. The summed E-state index contributed by atoms with van der Waals surface area (Å²) < 4.78 is 1.84. The second-order valence-electron chi connectivity index (χ2n) is 5.06. The van der Waals surface area contributed by atoms with E-state index in [9.17, 15) is 5.11 Å². The molecule has 0 aliphatic heterocycles. The lowest BCUT2D eigenvalue weighted by Crippen LogP contribution is -2.16. The first-order valence-corrected chi connectivity index (χ1v) is 6.60. The highest BCUT2D eigenvalue weighted by molar-refractivity contribution is 5.55. The average Bonchev–Trinajstić information content (AvgIpc) is 2.73. The van der Waals surface area contributed by atoms with Crippen molar-refractivity contribution in [1.82, 2.24) is 9.61 Å². The molecule has 3 nitrogen and oxygen atoms in total. The van der Waals surface area contributed by atoms with Crippen LogP contribution in [0.25, 0.3) is 5.52 Å². The zero-order valence-corrected chi connectivity index (χ0v) is 12.2. The molecule has 0 saturated heterocycles. The van der Waals surface area contributed by atoms with E-state index >= 15 is 0 Å². The molecule has 2 rings (SSSR count). The fraction of sp³-hybridized carbons (Fsp3) is 0.533. The van der Waals surface area contributed by atoms with Gasteiger partial charge < -0.3 is 5.11 Å². The lowest BCUT2D eigenvalue weighted by Gasteiger charge is -2.17. The molecule has 0 amide bonds. The number of fused-ring (bicyclic) bond motifs is 1. The van der Waals surface area contributed by atoms with Gasteiger partial charge in [0.1, 0.15) is 0 Å². The first-order valence-electron chi connectivity index (χ1n) is 6.60. The van der Waals surface area contributed by atoms with E-state index in [-0.39, 0.29) is 0 Å². The van der Waals surface area contributed by atoms with Gasteiger partial charge in [-0.05, 0) is 25.8 Å². The zero-order chi connectivity index (χ0) is 13.9. The van der Waals surface area contributed by atoms with E-state index < -0.39 is 5.60 Å². The quantitative estimate of drug-likeness (QED) is 0.879. The maximum atomic E-state index is 9.92. The lowest BCUT2D eigenvalue weighted by atomic mass is 9.99. The Bertz CT molecular complexity index is 507. The number of aliphatic hydroxyl groups is 1. The van der Waals surface area contributed by atoms with Crippen molar-refractivity contribution in [2.24, 2.45) is 0 Å². The molecule has 0 aliphatic carbocycles. The highest BCUT2D eigenvalue weighted by atomic mass is 16.3. The van der Waals surface area contributed by atoms with Crippen LogP contribution in [-0.2, 0) is 5.60 Å². The van der Waals surface area contributed by atoms with Crippen LogP contribution >= 0.6 is 0 Å². The molecule has 1 N–H and O–H groups in total. The van der Waals surface area contributed by atoms with Crippen LogP contribution < -0.4 is 0 Å². The SMILES string of the molecule is CC.CC(C)c1cnn2cc(C(C)(C)O)ccc12. The number of aromatic nitrogens is 2. The lowest BCUT2D eigenvalue weighted by molar-refractivity contribution is 0.0780. The van der Waals surface area contributed by atoms with Gasteiger partial charge in [-0.2, -0.15) is 5.10 Å². The van der Waals surface area contributed by atoms with E-state index in [4.69, 9.17) is 0 Å². The second kappa shape index (κ2) is 5.53. The van der Waals surface area contributed by atoms with Gasteiger partial charge >= 0.3 is 0 Å². The standard InChI is InChI=1S/C13H18N2O.C2H6/c1-9(2)11-7-14-15-8-10(13(3,4)16)5-6-12(11)15;1-2/h5-9,16H,1-4H3;1-2H3. The summed E-state index contributed by atoms with van der Waals surface area (Å²) in [7, 11) is 0. The third-order valence-corrected chi connectivity index (χ3v) is 2.87. The molecule has 0 radical (unpaired) electrons. The summed E-state index contributed by atoms with van der Waals surface area (Å²) in [6.07, 6.45) is 3.79. The Balaban J connectivity index is 0.000000771. The summed E-state index contributed by atoms with van der Waals surface area (Å²) >= 11 is 0. The summed E-state index contributed by atoms with van der Waals surface area (Å²) in [5.74, 6) is 0.463. The Morgan fingerprint density at radius 2 is 1.83 bits per heavy atom. The molecule has 0 aliphatic rings. The summed E-state index contributed by atoms with van der Waals surface area (Å²) in [6.45, 7) is 11.9. The highest BCUT2D eigenvalue weighted by Gasteiger charge is 2.17. The van der Waals surface area contributed by atoms with Gasteiger partial charge in [-0.3, -0.25) is 0 Å². The Labute approximate surface area is 109 Å². The highest BCUT2D eigenvalue weighted by Crippen LogP contribution is 2.24. The number of nitrogens with zero attached hydrogens (tertiary/aromatic N) is 2. The Morgan fingerprint density at radius 1 is 1.22 bits per heavy atom. The summed E-state index contributed by atoms with van der Waals surface area (Å²) in [4.78, 5) is 0. The molecular formula is C15H24N2O. The van der Waals surface area contributed by atoms with Gasteiger partial charge in [-0.25, -0.2) is 4.52 Å². The third-order valence-electron chi connectivity index (χ3n) is 2.87. The van der Waals surface area contributed by atoms with E-state index in [0.29, 0.717) is 5.92 Å². The fourth-order valence-electron chi connectivity index (χ4n) is 1.81. The van der Waals surface area contributed by atoms with Gasteiger partial charge in [0, 0.05) is 17.3 Å². The second-order valence-corrected chi connectivity index (χ2v) is 5.06. The molecule has 18 heavy (non-hydrogen) atoms. The van der Waals surface area contributed by atoms with Crippen LogP contribution in [-0.4, -0.2) is 14.7 Å². The van der Waals surface area contributed by atoms with Gasteiger partial charge in [-0.15, -0.1) is 0 Å². The van der Waals surface area contributed by atoms with Crippen molar-refractivity contribution in [1.29, 1.82) is 0 Å². The Morgan fingerprint density at radius 3 is 2.33 bits per heavy atom. The minimum atomic E-state index is -0.821. The minimum absolute atomic E-state index is 0.463. The molecule has 3 heteroatoms. The number of hydrogen-bond donors (Lipinski definition) is 1. The normalized spacial score (nSPS) is 11.6. The topological polar surface area (TPSA) is 37.5 Å². The third kappa shape index (κ3) is 2.91. The predicted molar refractivity (Wildman–Crippen MR) is 75.9 cm³/mol. The van der Waals surface area contributed by atoms with Gasteiger partial charge in [-0.1, -0.05) is 33.8 Å². The van der Waals surface area contributed by atoms with Crippen molar-refractivity contribution >= 4 is 5.52 Å². The molecule has 0 saturated carbocycles. The van der Waals surface area contributed by atoms with E-state index in [1.54, 1.807) is 13.8 Å². The van der Waals surface area contributed by atoms with Gasteiger partial charge in [0.2, 0.25) is 0 Å². The van der Waals surface area contributed by atoms with Gasteiger partial charge in [0.05, 0.1) is 17.3 Å². The van der Waals surface area contributed by atoms with Crippen LogP contribution in [0.4, 0.5) is 0 Å². The molecule has 2 aromatic rings. The number of pyridine rings is 1. The van der Waals surface area contributed by atoms with Crippen LogP contribution in [0.5, 0.6) is 0 Å². The maximum Gasteiger partial charge on any atom is 0.0855 e. The molecule has 2 aromatic heterocycles. The minimum Gasteiger partial charge on any atom is -0.386 e. The molecule has 0 aromatic carbocycles. The zero-order valence-electron chi connectivity index (χ0n) is 12.2. The van der Waals surface area contributed by atoms with Gasteiger partial charge in [0.25, 0.3) is 0 Å². The van der Waals surface area contributed by atoms with E-state index in [0.717, 1.165) is 11.1 Å². The number of rotatable bonds is 2. The van der Waals surface area contributed by atoms with Crippen molar-refractivity contribution in [2.75, 3.05) is 0 Å². The van der Waals surface area contributed by atoms with Crippen LogP contribution in [0.1, 0.15) is 58.6 Å². The molecule has 0 unspecified atom stereocenters. The summed E-state index contributed by atoms with van der Waals surface area (Å²) in [5, 5.41) is 14.2. The fourth-order valence-corrected chi connectivity index (χ4v) is 1.81. The molecule has 0 bridgehead atoms. The maximum absolute atomic E-state index is 9.92. The molecular weight excluding hydrogens is 224 g/mol. The first-order chi connectivity index (χ1) is 8.39. The van der Waals surface area contributed by atoms with Crippen LogP contribution in [0.2, 0.25) is 0 Å². The van der Waals surface area contributed by atoms with E-state index in [1.165, 1.54) is 5.56 Å². The van der Waals surface area contributed by atoms with Crippen LogP contribution in [0, 0.1) is 0 Å².